The zero-order chi connectivity index (χ0) is 33.1. The van der Waals surface area contributed by atoms with Crippen molar-refractivity contribution in [2.24, 2.45) is 0 Å². The van der Waals surface area contributed by atoms with Crippen LogP contribution in [0.5, 0.6) is 0 Å². The molecule has 1 aliphatic carbocycles. The third kappa shape index (κ3) is 4.42. The maximum atomic E-state index is 5.20. The molecule has 4 heteroatoms. The predicted molar refractivity (Wildman–Crippen MR) is 203 cm³/mol. The largest absolute Gasteiger partial charge is 0.208 e. The Labute approximate surface area is 295 Å². The van der Waals surface area contributed by atoms with E-state index in [1.165, 1.54) is 43.2 Å². The number of aromatic nitrogens is 3. The van der Waals surface area contributed by atoms with E-state index in [2.05, 4.69) is 152 Å². The van der Waals surface area contributed by atoms with E-state index in [0.29, 0.717) is 17.5 Å². The first-order valence-corrected chi connectivity index (χ1v) is 17.7. The topological polar surface area (TPSA) is 38.7 Å². The minimum absolute atomic E-state index is 0.470. The fourth-order valence-corrected chi connectivity index (χ4v) is 8.99. The molecule has 0 bridgehead atoms. The Kier molecular flexibility index (Phi) is 6.64. The number of benzene rings is 7. The highest BCUT2D eigenvalue weighted by atomic mass is 32.2. The van der Waals surface area contributed by atoms with Crippen LogP contribution in [-0.4, -0.2) is 15.0 Å². The van der Waals surface area contributed by atoms with Crippen LogP contribution in [0, 0.1) is 0 Å². The maximum Gasteiger partial charge on any atom is 0.164 e. The molecule has 0 radical (unpaired) electrons. The van der Waals surface area contributed by atoms with Crippen LogP contribution in [0.25, 0.3) is 56.4 Å². The highest BCUT2D eigenvalue weighted by molar-refractivity contribution is 7.99. The summed E-state index contributed by atoms with van der Waals surface area (Å²) in [6.45, 7) is 0. The summed E-state index contributed by atoms with van der Waals surface area (Å²) in [5, 5.41) is 0. The van der Waals surface area contributed by atoms with Crippen molar-refractivity contribution in [3.05, 3.63) is 198 Å². The molecule has 1 spiro atoms. The molecule has 0 saturated heterocycles. The maximum absolute atomic E-state index is 5.20. The standard InChI is InChI=1S/C46H29N3S/c1-3-14-30(15-4-1)32-18-13-19-33(28-32)44-47-43(31-16-5-2-6-17-31)48-45(49-44)34-26-27-42-40(29-34)46(39-24-11-12-25-41(39)50-42)37-22-9-7-20-35(37)36-21-8-10-23-38(36)46/h1-29H. The van der Waals surface area contributed by atoms with E-state index in [9.17, 15) is 0 Å². The number of hydrogen-bond donors (Lipinski definition) is 0. The summed E-state index contributed by atoms with van der Waals surface area (Å²) < 4.78 is 0. The highest BCUT2D eigenvalue weighted by Crippen LogP contribution is 2.62. The summed E-state index contributed by atoms with van der Waals surface area (Å²) >= 11 is 1.84. The van der Waals surface area contributed by atoms with Crippen LogP contribution in [0.4, 0.5) is 0 Å². The summed E-state index contributed by atoms with van der Waals surface area (Å²) in [6, 6.07) is 62.6. The Hall–Kier alpha value is -6.10. The number of fused-ring (bicyclic) bond motifs is 9. The van der Waals surface area contributed by atoms with Crippen molar-refractivity contribution in [2.45, 2.75) is 15.2 Å². The summed E-state index contributed by atoms with van der Waals surface area (Å²) in [5.74, 6) is 1.95. The second-order valence-electron chi connectivity index (χ2n) is 12.8. The Morgan fingerprint density at radius 2 is 0.800 bits per heavy atom. The van der Waals surface area contributed by atoms with E-state index in [4.69, 9.17) is 15.0 Å². The van der Waals surface area contributed by atoms with Crippen LogP contribution in [-0.2, 0) is 5.41 Å². The summed E-state index contributed by atoms with van der Waals surface area (Å²) in [5.41, 5.74) is 12.4. The van der Waals surface area contributed by atoms with E-state index in [1.54, 1.807) is 0 Å². The first-order valence-electron chi connectivity index (χ1n) is 16.9. The Morgan fingerprint density at radius 3 is 1.48 bits per heavy atom. The van der Waals surface area contributed by atoms with Crippen LogP contribution in [0.2, 0.25) is 0 Å². The molecule has 8 aromatic rings. The van der Waals surface area contributed by atoms with E-state index >= 15 is 0 Å². The zero-order valence-corrected chi connectivity index (χ0v) is 27.8. The molecular weight excluding hydrogens is 627 g/mol. The Balaban J connectivity index is 1.21. The Morgan fingerprint density at radius 1 is 0.320 bits per heavy atom. The van der Waals surface area contributed by atoms with Gasteiger partial charge in [0.25, 0.3) is 0 Å². The van der Waals surface area contributed by atoms with Crippen molar-refractivity contribution >= 4 is 11.8 Å². The van der Waals surface area contributed by atoms with E-state index in [1.807, 2.05) is 36.0 Å². The third-order valence-corrected chi connectivity index (χ3v) is 11.2. The molecule has 7 aromatic carbocycles. The lowest BCUT2D eigenvalue weighted by Crippen LogP contribution is -2.32. The summed E-state index contributed by atoms with van der Waals surface area (Å²) in [4.78, 5) is 17.9. The number of rotatable bonds is 4. The fraction of sp³-hybridized carbons (Fsp3) is 0.0217. The number of nitrogens with zero attached hydrogens (tertiary/aromatic N) is 3. The lowest BCUT2D eigenvalue weighted by Gasteiger charge is -2.39. The van der Waals surface area contributed by atoms with Gasteiger partial charge in [0.15, 0.2) is 17.5 Å². The molecule has 0 fully saturated rings. The monoisotopic (exact) mass is 655 g/mol. The van der Waals surface area contributed by atoms with Crippen molar-refractivity contribution < 1.29 is 0 Å². The van der Waals surface area contributed by atoms with Crippen LogP contribution < -0.4 is 0 Å². The summed E-state index contributed by atoms with van der Waals surface area (Å²) in [7, 11) is 0. The molecule has 0 amide bonds. The minimum Gasteiger partial charge on any atom is -0.208 e. The van der Waals surface area contributed by atoms with Gasteiger partial charge in [0.2, 0.25) is 0 Å². The molecule has 10 rings (SSSR count). The quantitative estimate of drug-likeness (QED) is 0.189. The lowest BCUT2D eigenvalue weighted by molar-refractivity contribution is 0.722. The molecule has 0 N–H and O–H groups in total. The molecule has 0 unspecified atom stereocenters. The molecule has 1 aliphatic heterocycles. The molecule has 2 heterocycles. The van der Waals surface area contributed by atoms with Gasteiger partial charge >= 0.3 is 0 Å². The smallest absolute Gasteiger partial charge is 0.164 e. The van der Waals surface area contributed by atoms with Gasteiger partial charge < -0.3 is 0 Å². The van der Waals surface area contributed by atoms with Gasteiger partial charge in [0.05, 0.1) is 5.41 Å². The van der Waals surface area contributed by atoms with E-state index < -0.39 is 5.41 Å². The fourth-order valence-electron chi connectivity index (χ4n) is 7.81. The van der Waals surface area contributed by atoms with Gasteiger partial charge in [-0.1, -0.05) is 163 Å². The predicted octanol–water partition coefficient (Wildman–Crippen LogP) is 11.4. The molecular formula is C46H29N3S. The normalized spacial score (nSPS) is 13.3. The van der Waals surface area contributed by atoms with Gasteiger partial charge in [-0.05, 0) is 68.8 Å². The van der Waals surface area contributed by atoms with Crippen molar-refractivity contribution in [1.82, 2.24) is 15.0 Å². The van der Waals surface area contributed by atoms with Gasteiger partial charge in [-0.25, -0.2) is 15.0 Å². The highest BCUT2D eigenvalue weighted by Gasteiger charge is 2.50. The van der Waals surface area contributed by atoms with Gasteiger partial charge in [-0.15, -0.1) is 0 Å². The van der Waals surface area contributed by atoms with Crippen LogP contribution in [0.15, 0.2) is 186 Å². The van der Waals surface area contributed by atoms with Crippen molar-refractivity contribution in [3.8, 4) is 56.4 Å². The molecule has 0 atom stereocenters. The van der Waals surface area contributed by atoms with Gasteiger partial charge in [0, 0.05) is 26.5 Å². The van der Waals surface area contributed by atoms with Crippen LogP contribution in [0.1, 0.15) is 22.3 Å². The van der Waals surface area contributed by atoms with E-state index in [0.717, 1.165) is 27.8 Å². The average molecular weight is 656 g/mol. The second kappa shape index (κ2) is 11.5. The molecule has 234 valence electrons. The van der Waals surface area contributed by atoms with Crippen molar-refractivity contribution in [3.63, 3.8) is 0 Å². The molecule has 2 aliphatic rings. The second-order valence-corrected chi connectivity index (χ2v) is 13.9. The van der Waals surface area contributed by atoms with Gasteiger partial charge in [-0.2, -0.15) is 0 Å². The summed E-state index contributed by atoms with van der Waals surface area (Å²) in [6.07, 6.45) is 0. The van der Waals surface area contributed by atoms with Gasteiger partial charge in [-0.3, -0.25) is 0 Å². The first kappa shape index (κ1) is 28.9. The number of hydrogen-bond acceptors (Lipinski definition) is 4. The molecule has 1 aromatic heterocycles. The Bertz CT molecular complexity index is 2530. The van der Waals surface area contributed by atoms with Crippen LogP contribution in [0.3, 0.4) is 0 Å². The van der Waals surface area contributed by atoms with Crippen molar-refractivity contribution in [2.75, 3.05) is 0 Å². The van der Waals surface area contributed by atoms with E-state index in [-0.39, 0.29) is 0 Å². The molecule has 3 nitrogen and oxygen atoms in total. The van der Waals surface area contributed by atoms with Crippen molar-refractivity contribution in [1.29, 1.82) is 0 Å². The molecule has 0 saturated carbocycles. The van der Waals surface area contributed by atoms with Gasteiger partial charge in [0.1, 0.15) is 0 Å². The minimum atomic E-state index is -0.470. The zero-order valence-electron chi connectivity index (χ0n) is 27.0. The third-order valence-electron chi connectivity index (χ3n) is 10.0. The lowest BCUT2D eigenvalue weighted by atomic mass is 9.67. The first-order chi connectivity index (χ1) is 24.8. The molecule has 50 heavy (non-hydrogen) atoms. The van der Waals surface area contributed by atoms with Crippen LogP contribution >= 0.6 is 11.8 Å². The average Bonchev–Trinajstić information content (AvgIpc) is 3.49. The SMILES string of the molecule is c1ccc(-c2cccc(-c3nc(-c4ccccc4)nc(-c4ccc5c(c4)C4(c6ccccc6S5)c5ccccc5-c5ccccc54)n3)c2)cc1.